The molecule has 0 amide bonds. The maximum Gasteiger partial charge on any atom is 0.115 e. The van der Waals surface area contributed by atoms with Gasteiger partial charge in [0, 0.05) is 25.7 Å². The molecule has 1 aromatic rings. The predicted octanol–water partition coefficient (Wildman–Crippen LogP) is 0.985. The third kappa shape index (κ3) is 3.19. The van der Waals surface area contributed by atoms with E-state index in [1.807, 2.05) is 19.2 Å². The summed E-state index contributed by atoms with van der Waals surface area (Å²) in [5.74, 6) is 0.318. The molecule has 1 atom stereocenters. The van der Waals surface area contributed by atoms with Gasteiger partial charge in [0.05, 0.1) is 13.2 Å². The van der Waals surface area contributed by atoms with Gasteiger partial charge >= 0.3 is 0 Å². The van der Waals surface area contributed by atoms with Gasteiger partial charge in [-0.1, -0.05) is 12.1 Å². The first-order chi connectivity index (χ1) is 8.31. The number of nitrogens with one attached hydrogen (secondary N) is 1. The minimum absolute atomic E-state index is 0.318. The summed E-state index contributed by atoms with van der Waals surface area (Å²) < 4.78 is 5.38. The topological polar surface area (TPSA) is 44.7 Å². The first-order valence-corrected chi connectivity index (χ1v) is 6.06. The third-order valence-electron chi connectivity index (χ3n) is 3.16. The number of rotatable bonds is 4. The summed E-state index contributed by atoms with van der Waals surface area (Å²) in [6.07, 6.45) is 0. The molecule has 0 bridgehead atoms. The van der Waals surface area contributed by atoms with Gasteiger partial charge in [-0.3, -0.25) is 4.90 Å². The molecule has 4 heteroatoms. The van der Waals surface area contributed by atoms with Crippen molar-refractivity contribution in [1.82, 2.24) is 10.2 Å². The average molecular weight is 236 g/mol. The normalized spacial score (nSPS) is 19.1. The largest absolute Gasteiger partial charge is 0.508 e. The Balaban J connectivity index is 2.12. The molecule has 1 fully saturated rings. The van der Waals surface area contributed by atoms with Crippen molar-refractivity contribution in [2.24, 2.45) is 0 Å². The van der Waals surface area contributed by atoms with Gasteiger partial charge in [0.15, 0.2) is 0 Å². The minimum atomic E-state index is 0.318. The molecule has 1 aromatic carbocycles. The van der Waals surface area contributed by atoms with E-state index in [2.05, 4.69) is 10.2 Å². The summed E-state index contributed by atoms with van der Waals surface area (Å²) >= 11 is 0. The van der Waals surface area contributed by atoms with Crippen LogP contribution in [0.3, 0.4) is 0 Å². The van der Waals surface area contributed by atoms with Crippen LogP contribution in [0.5, 0.6) is 5.75 Å². The first kappa shape index (κ1) is 12.4. The van der Waals surface area contributed by atoms with Crippen LogP contribution in [-0.4, -0.2) is 49.9 Å². The zero-order valence-corrected chi connectivity index (χ0v) is 10.2. The van der Waals surface area contributed by atoms with Crippen molar-refractivity contribution < 1.29 is 9.84 Å². The number of phenolic OH excluding ortho intramolecular Hbond substituents is 1. The minimum Gasteiger partial charge on any atom is -0.508 e. The summed E-state index contributed by atoms with van der Waals surface area (Å²) in [6, 6.07) is 7.83. The van der Waals surface area contributed by atoms with Crippen LogP contribution in [0.1, 0.15) is 11.6 Å². The molecule has 1 saturated heterocycles. The number of nitrogens with zero attached hydrogens (tertiary/aromatic N) is 1. The molecule has 1 aliphatic heterocycles. The van der Waals surface area contributed by atoms with E-state index in [-0.39, 0.29) is 0 Å². The van der Waals surface area contributed by atoms with Crippen molar-refractivity contribution in [1.29, 1.82) is 0 Å². The highest BCUT2D eigenvalue weighted by atomic mass is 16.5. The maximum absolute atomic E-state index is 9.33. The highest BCUT2D eigenvalue weighted by Crippen LogP contribution is 2.23. The van der Waals surface area contributed by atoms with Crippen LogP contribution < -0.4 is 5.32 Å². The molecule has 1 unspecified atom stereocenters. The first-order valence-electron chi connectivity index (χ1n) is 6.06. The molecule has 0 saturated carbocycles. The molecular weight excluding hydrogens is 216 g/mol. The lowest BCUT2D eigenvalue weighted by Gasteiger charge is -2.34. The van der Waals surface area contributed by atoms with E-state index in [0.29, 0.717) is 11.8 Å². The molecule has 2 rings (SSSR count). The quantitative estimate of drug-likeness (QED) is 0.818. The fourth-order valence-electron chi connectivity index (χ4n) is 2.24. The van der Waals surface area contributed by atoms with Gasteiger partial charge in [-0.2, -0.15) is 0 Å². The van der Waals surface area contributed by atoms with E-state index >= 15 is 0 Å². The molecule has 2 N–H and O–H groups in total. The third-order valence-corrected chi connectivity index (χ3v) is 3.16. The van der Waals surface area contributed by atoms with Crippen molar-refractivity contribution >= 4 is 0 Å². The van der Waals surface area contributed by atoms with Crippen LogP contribution in [0.25, 0.3) is 0 Å². The lowest BCUT2D eigenvalue weighted by molar-refractivity contribution is 0.0165. The van der Waals surface area contributed by atoms with Gasteiger partial charge in [0.2, 0.25) is 0 Å². The standard InChI is InChI=1S/C13H20N2O2/c1-14-10-13(15-6-8-17-9-7-15)11-2-4-12(16)5-3-11/h2-5,13-14,16H,6-10H2,1H3. The molecule has 0 radical (unpaired) electrons. The predicted molar refractivity (Wildman–Crippen MR) is 67.2 cm³/mol. The second-order valence-electron chi connectivity index (χ2n) is 4.31. The number of phenols is 1. The molecule has 17 heavy (non-hydrogen) atoms. The summed E-state index contributed by atoms with van der Waals surface area (Å²) in [5, 5.41) is 12.6. The van der Waals surface area contributed by atoms with Gasteiger partial charge in [-0.25, -0.2) is 0 Å². The molecule has 4 nitrogen and oxygen atoms in total. The SMILES string of the molecule is CNCC(c1ccc(O)cc1)N1CCOCC1. The Morgan fingerprint density at radius 2 is 1.94 bits per heavy atom. The smallest absolute Gasteiger partial charge is 0.115 e. The number of benzene rings is 1. The van der Waals surface area contributed by atoms with Crippen molar-refractivity contribution in [3.05, 3.63) is 29.8 Å². The van der Waals surface area contributed by atoms with Crippen LogP contribution in [0.2, 0.25) is 0 Å². The van der Waals surface area contributed by atoms with Crippen molar-refractivity contribution in [3.63, 3.8) is 0 Å². The number of likely N-dealkylation sites (N-methyl/N-ethyl adjacent to an activating group) is 1. The number of aromatic hydroxyl groups is 1. The molecule has 0 aliphatic carbocycles. The highest BCUT2D eigenvalue weighted by Gasteiger charge is 2.21. The van der Waals surface area contributed by atoms with Crippen LogP contribution in [0, 0.1) is 0 Å². The zero-order chi connectivity index (χ0) is 12.1. The Morgan fingerprint density at radius 3 is 2.53 bits per heavy atom. The molecule has 94 valence electrons. The monoisotopic (exact) mass is 236 g/mol. The molecule has 1 aliphatic rings. The van der Waals surface area contributed by atoms with E-state index in [1.165, 1.54) is 5.56 Å². The van der Waals surface area contributed by atoms with Gasteiger partial charge in [-0.05, 0) is 24.7 Å². The Hall–Kier alpha value is -1.10. The van der Waals surface area contributed by atoms with E-state index in [0.717, 1.165) is 32.8 Å². The van der Waals surface area contributed by atoms with Gasteiger partial charge in [-0.15, -0.1) is 0 Å². The van der Waals surface area contributed by atoms with Crippen LogP contribution in [0.15, 0.2) is 24.3 Å². The fourth-order valence-corrected chi connectivity index (χ4v) is 2.24. The van der Waals surface area contributed by atoms with Crippen LogP contribution in [-0.2, 0) is 4.74 Å². The Morgan fingerprint density at radius 1 is 1.29 bits per heavy atom. The van der Waals surface area contributed by atoms with Crippen LogP contribution >= 0.6 is 0 Å². The summed E-state index contributed by atoms with van der Waals surface area (Å²) in [6.45, 7) is 4.45. The number of hydrogen-bond acceptors (Lipinski definition) is 4. The number of hydrogen-bond donors (Lipinski definition) is 2. The zero-order valence-electron chi connectivity index (χ0n) is 10.2. The molecule has 1 heterocycles. The molecule has 0 aromatic heterocycles. The summed E-state index contributed by atoms with van der Waals surface area (Å²) in [5.41, 5.74) is 1.24. The Labute approximate surface area is 102 Å². The lowest BCUT2D eigenvalue weighted by atomic mass is 10.0. The van der Waals surface area contributed by atoms with E-state index in [1.54, 1.807) is 12.1 Å². The van der Waals surface area contributed by atoms with E-state index in [4.69, 9.17) is 4.74 Å². The van der Waals surface area contributed by atoms with E-state index in [9.17, 15) is 5.11 Å². The second-order valence-corrected chi connectivity index (χ2v) is 4.31. The summed E-state index contributed by atoms with van der Waals surface area (Å²) in [4.78, 5) is 2.42. The van der Waals surface area contributed by atoms with Gasteiger partial charge in [0.1, 0.15) is 5.75 Å². The Kier molecular flexibility index (Phi) is 4.36. The van der Waals surface area contributed by atoms with Crippen LogP contribution in [0.4, 0.5) is 0 Å². The van der Waals surface area contributed by atoms with Crippen molar-refractivity contribution in [2.75, 3.05) is 39.9 Å². The van der Waals surface area contributed by atoms with Crippen molar-refractivity contribution in [2.45, 2.75) is 6.04 Å². The second kappa shape index (κ2) is 6.00. The summed E-state index contributed by atoms with van der Waals surface area (Å²) in [7, 11) is 1.97. The maximum atomic E-state index is 9.33. The lowest BCUT2D eigenvalue weighted by Crippen LogP contribution is -2.42. The fraction of sp³-hybridized carbons (Fsp3) is 0.538. The average Bonchev–Trinajstić information content (AvgIpc) is 2.38. The van der Waals surface area contributed by atoms with Gasteiger partial charge < -0.3 is 15.2 Å². The highest BCUT2D eigenvalue weighted by molar-refractivity contribution is 5.28. The molecular formula is C13H20N2O2. The Bertz CT molecular complexity index is 334. The van der Waals surface area contributed by atoms with Crippen molar-refractivity contribution in [3.8, 4) is 5.75 Å². The number of morpholine rings is 1. The van der Waals surface area contributed by atoms with E-state index < -0.39 is 0 Å². The number of ether oxygens (including phenoxy) is 1. The van der Waals surface area contributed by atoms with Gasteiger partial charge in [0.25, 0.3) is 0 Å². The molecule has 0 spiro atoms.